The van der Waals surface area contributed by atoms with E-state index in [0.717, 1.165) is 24.0 Å². The summed E-state index contributed by atoms with van der Waals surface area (Å²) in [6.45, 7) is 21.5. The van der Waals surface area contributed by atoms with E-state index in [4.69, 9.17) is 4.42 Å². The first kappa shape index (κ1) is 41.0. The summed E-state index contributed by atoms with van der Waals surface area (Å²) in [5.74, 6) is 0. The van der Waals surface area contributed by atoms with Gasteiger partial charge in [0.15, 0.2) is 0 Å². The zero-order valence-electron chi connectivity index (χ0n) is 41.6. The maximum Gasteiger partial charge on any atom is 0.333 e. The summed E-state index contributed by atoms with van der Waals surface area (Å²) in [4.78, 5) is 4.01. The number of benzene rings is 8. The Morgan fingerprint density at radius 1 is 0.600 bits per heavy atom. The summed E-state index contributed by atoms with van der Waals surface area (Å²) in [5, 5.41) is 6.31. The third-order valence-corrected chi connectivity index (χ3v) is 18.7. The van der Waals surface area contributed by atoms with Gasteiger partial charge in [0.2, 0.25) is 0 Å². The van der Waals surface area contributed by atoms with Gasteiger partial charge in [-0.1, -0.05) is 153 Å². The molecule has 2 aliphatic carbocycles. The third-order valence-electron chi connectivity index (χ3n) is 17.6. The molecule has 0 saturated carbocycles. The van der Waals surface area contributed by atoms with Gasteiger partial charge in [0.05, 0.1) is 11.0 Å². The van der Waals surface area contributed by atoms with E-state index in [1.54, 1.807) is 0 Å². The first-order chi connectivity index (χ1) is 33.6. The van der Waals surface area contributed by atoms with Crippen molar-refractivity contribution in [2.45, 2.75) is 96.8 Å². The molecule has 0 radical (unpaired) electrons. The molecule has 4 aliphatic rings. The van der Waals surface area contributed by atoms with Gasteiger partial charge in [-0.15, -0.1) is 11.3 Å². The number of para-hydroxylation sites is 1. The van der Waals surface area contributed by atoms with Gasteiger partial charge in [0.1, 0.15) is 11.2 Å². The zero-order chi connectivity index (χ0) is 47.5. The number of anilines is 2. The minimum Gasteiger partial charge on any atom is -0.455 e. The maximum atomic E-state index is 7.44. The Kier molecular flexibility index (Phi) is 7.81. The SMILES string of the molecule is CC(C)(C)c1ccc(N2B3c4cc5cc(-c6ccccc6)sc5cc4-n4c5cc6c(cc5c5c7c(oc8ccccc87)c(c3c54)-c3cc4c(cc32)-c2ccccc2C4(C)C)C(C)(C)CCC6(C)C)cc1. The molecule has 0 fully saturated rings. The fourth-order valence-electron chi connectivity index (χ4n) is 13.7. The van der Waals surface area contributed by atoms with Crippen LogP contribution in [0.5, 0.6) is 0 Å². The Balaban J connectivity index is 1.17. The molecule has 2 aliphatic heterocycles. The minimum atomic E-state index is -0.188. The van der Waals surface area contributed by atoms with E-state index in [1.807, 2.05) is 11.3 Å². The van der Waals surface area contributed by atoms with Crippen molar-refractivity contribution in [2.24, 2.45) is 0 Å². The van der Waals surface area contributed by atoms with Crippen LogP contribution in [0.2, 0.25) is 0 Å². The molecule has 0 atom stereocenters. The monoisotopic (exact) mass is 922 g/mol. The molecule has 8 aromatic carbocycles. The quantitative estimate of drug-likeness (QED) is 0.161. The van der Waals surface area contributed by atoms with E-state index in [9.17, 15) is 0 Å². The highest BCUT2D eigenvalue weighted by Gasteiger charge is 2.49. The van der Waals surface area contributed by atoms with E-state index in [-0.39, 0.29) is 28.5 Å². The normalized spacial score (nSPS) is 16.8. The lowest BCUT2D eigenvalue weighted by molar-refractivity contribution is 0.332. The smallest absolute Gasteiger partial charge is 0.333 e. The van der Waals surface area contributed by atoms with Crippen LogP contribution in [0.25, 0.3) is 92.2 Å². The van der Waals surface area contributed by atoms with Gasteiger partial charge in [-0.2, -0.15) is 0 Å². The molecule has 5 heteroatoms. The third kappa shape index (κ3) is 5.21. The maximum absolute atomic E-state index is 7.44. The molecule has 0 spiro atoms. The predicted octanol–water partition coefficient (Wildman–Crippen LogP) is 16.8. The van der Waals surface area contributed by atoms with E-state index >= 15 is 0 Å². The van der Waals surface area contributed by atoms with Gasteiger partial charge in [0, 0.05) is 64.7 Å². The summed E-state index contributed by atoms with van der Waals surface area (Å²) in [5.41, 5.74) is 24.2. The summed E-state index contributed by atoms with van der Waals surface area (Å²) in [7, 11) is 0. The molecule has 340 valence electrons. The second kappa shape index (κ2) is 13.3. The second-order valence-electron chi connectivity index (χ2n) is 23.9. The summed E-state index contributed by atoms with van der Waals surface area (Å²) in [6, 6.07) is 56.3. The lowest BCUT2D eigenvalue weighted by Crippen LogP contribution is -2.60. The fraction of sp³-hybridized carbons (Fsp3) is 0.231. The van der Waals surface area contributed by atoms with Gasteiger partial charge in [0.25, 0.3) is 0 Å². The molecule has 15 rings (SSSR count). The predicted molar refractivity (Wildman–Crippen MR) is 299 cm³/mol. The van der Waals surface area contributed by atoms with Gasteiger partial charge >= 0.3 is 6.85 Å². The first-order valence-corrected chi connectivity index (χ1v) is 26.2. The van der Waals surface area contributed by atoms with Crippen LogP contribution in [-0.4, -0.2) is 11.4 Å². The molecule has 3 nitrogen and oxygen atoms in total. The van der Waals surface area contributed by atoms with Crippen molar-refractivity contribution >= 4 is 94.3 Å². The number of furan rings is 1. The van der Waals surface area contributed by atoms with Crippen molar-refractivity contribution < 1.29 is 4.42 Å². The molecule has 0 unspecified atom stereocenters. The molecule has 11 aromatic rings. The molecule has 0 bridgehead atoms. The number of thiophene rings is 1. The highest BCUT2D eigenvalue weighted by molar-refractivity contribution is 7.22. The Bertz CT molecular complexity index is 4130. The van der Waals surface area contributed by atoms with Gasteiger partial charge in [-0.05, 0) is 145 Å². The molecular formula is C65H55BN2OS. The highest BCUT2D eigenvalue weighted by atomic mass is 32.1. The average Bonchev–Trinajstić information content (AvgIpc) is 4.10. The fourth-order valence-corrected chi connectivity index (χ4v) is 14.8. The number of fused-ring (bicyclic) bond motifs is 18. The average molecular weight is 923 g/mol. The number of hydrogen-bond acceptors (Lipinski definition) is 3. The van der Waals surface area contributed by atoms with E-state index in [1.165, 1.54) is 131 Å². The van der Waals surface area contributed by atoms with Crippen molar-refractivity contribution in [1.29, 1.82) is 0 Å². The summed E-state index contributed by atoms with van der Waals surface area (Å²) >= 11 is 1.91. The second-order valence-corrected chi connectivity index (χ2v) is 25.0. The molecular weight excluding hydrogens is 868 g/mol. The van der Waals surface area contributed by atoms with Crippen LogP contribution in [0.15, 0.2) is 150 Å². The largest absolute Gasteiger partial charge is 0.455 e. The number of rotatable bonds is 2. The van der Waals surface area contributed by atoms with Crippen LogP contribution in [0.1, 0.15) is 103 Å². The van der Waals surface area contributed by atoms with E-state index in [2.05, 4.69) is 217 Å². The van der Waals surface area contributed by atoms with Crippen LogP contribution in [-0.2, 0) is 21.7 Å². The van der Waals surface area contributed by atoms with Crippen molar-refractivity contribution in [3.63, 3.8) is 0 Å². The van der Waals surface area contributed by atoms with Crippen LogP contribution >= 0.6 is 11.3 Å². The van der Waals surface area contributed by atoms with Crippen LogP contribution in [0.3, 0.4) is 0 Å². The van der Waals surface area contributed by atoms with Crippen molar-refractivity contribution in [2.75, 3.05) is 4.81 Å². The summed E-state index contributed by atoms with van der Waals surface area (Å²) in [6.07, 6.45) is 2.32. The summed E-state index contributed by atoms with van der Waals surface area (Å²) < 4.78 is 11.5. The Hall–Kier alpha value is -6.82. The molecule has 5 heterocycles. The van der Waals surface area contributed by atoms with Gasteiger partial charge in [-0.3, -0.25) is 0 Å². The van der Waals surface area contributed by atoms with Crippen molar-refractivity contribution in [3.05, 3.63) is 173 Å². The molecule has 0 saturated heterocycles. The van der Waals surface area contributed by atoms with Crippen molar-refractivity contribution in [3.8, 4) is 38.4 Å². The number of aromatic nitrogens is 1. The minimum absolute atomic E-state index is 0.0157. The van der Waals surface area contributed by atoms with Crippen LogP contribution in [0, 0.1) is 0 Å². The molecule has 0 amide bonds. The van der Waals surface area contributed by atoms with E-state index in [0.29, 0.717) is 0 Å². The zero-order valence-corrected chi connectivity index (χ0v) is 42.4. The number of hydrogen-bond donors (Lipinski definition) is 0. The van der Waals surface area contributed by atoms with Crippen molar-refractivity contribution in [1.82, 2.24) is 4.57 Å². The molecule has 70 heavy (non-hydrogen) atoms. The first-order valence-electron chi connectivity index (χ1n) is 25.4. The lowest BCUT2D eigenvalue weighted by atomic mass is 9.43. The standard InChI is InChI=1S/C65H55BN2OS/c1-62(2,3)38-23-25-39(26-24-38)68-51-33-42-40-19-13-15-21-45(40)65(8,9)46(42)31-44(51)58-59-60-56(57-41-20-14-16-22-53(41)69-61(57)58)43-32-47-48(64(6,7)28-27-63(47,4)5)34-50(43)67(60)52-35-55-37(29-49(52)66(59)68)30-54(70-55)36-17-11-10-12-18-36/h10-26,29-35H,27-28H2,1-9H3. The number of nitrogens with zero attached hydrogens (tertiary/aromatic N) is 2. The van der Waals surface area contributed by atoms with Crippen LogP contribution < -0.4 is 15.7 Å². The Morgan fingerprint density at radius 2 is 1.31 bits per heavy atom. The molecule has 0 N–H and O–H groups in total. The van der Waals surface area contributed by atoms with Gasteiger partial charge < -0.3 is 13.8 Å². The lowest BCUT2D eigenvalue weighted by Gasteiger charge is -2.43. The molecule has 3 aromatic heterocycles. The highest BCUT2D eigenvalue weighted by Crippen LogP contribution is 2.58. The van der Waals surface area contributed by atoms with Crippen LogP contribution in [0.4, 0.5) is 11.4 Å². The topological polar surface area (TPSA) is 21.3 Å². The Labute approximate surface area is 414 Å². The van der Waals surface area contributed by atoms with Gasteiger partial charge in [-0.25, -0.2) is 0 Å². The van der Waals surface area contributed by atoms with E-state index < -0.39 is 0 Å². The Morgan fingerprint density at radius 3 is 2.09 bits per heavy atom.